The van der Waals surface area contributed by atoms with E-state index in [4.69, 9.17) is 21.1 Å². The topological polar surface area (TPSA) is 68.3 Å². The average molecular weight is 385 g/mol. The van der Waals surface area contributed by atoms with Crippen LogP contribution in [-0.2, 0) is 0 Å². The van der Waals surface area contributed by atoms with Gasteiger partial charge in [-0.1, -0.05) is 11.6 Å². The summed E-state index contributed by atoms with van der Waals surface area (Å²) in [4.78, 5) is 8.89. The van der Waals surface area contributed by atoms with E-state index in [1.165, 1.54) is 0 Å². The molecule has 2 N–H and O–H groups in total. The predicted molar refractivity (Wildman–Crippen MR) is 108 cm³/mol. The summed E-state index contributed by atoms with van der Waals surface area (Å²) in [7, 11) is 1.64. The van der Waals surface area contributed by atoms with Crippen molar-refractivity contribution >= 4 is 29.1 Å². The molecule has 0 spiro atoms. The van der Waals surface area contributed by atoms with Crippen LogP contribution in [0, 0.1) is 6.92 Å². The number of nitrogens with zero attached hydrogens (tertiary/aromatic N) is 2. The zero-order valence-electron chi connectivity index (χ0n) is 15.2. The van der Waals surface area contributed by atoms with Gasteiger partial charge in [-0.25, -0.2) is 4.98 Å². The zero-order valence-corrected chi connectivity index (χ0v) is 16.0. The number of halogens is 1. The van der Waals surface area contributed by atoms with Crippen LogP contribution < -0.4 is 20.1 Å². The van der Waals surface area contributed by atoms with Crippen LogP contribution in [0.25, 0.3) is 0 Å². The van der Waals surface area contributed by atoms with Gasteiger partial charge in [0.05, 0.1) is 13.7 Å². The third kappa shape index (κ3) is 5.76. The summed E-state index contributed by atoms with van der Waals surface area (Å²) in [6.07, 6.45) is 0. The minimum absolute atomic E-state index is 0.509. The van der Waals surface area contributed by atoms with Crippen molar-refractivity contribution in [3.63, 3.8) is 0 Å². The lowest BCUT2D eigenvalue weighted by Gasteiger charge is -2.11. The standard InChI is InChI=1S/C20H21ClN4O2/c1-14-13-19(22-11-12-27-18-9-7-17(26-2)8-10-18)25-20(23-14)24-16-5-3-15(21)4-6-16/h3-10,13H,11-12H2,1-2H3,(H2,22,23,24,25). The molecule has 0 aliphatic carbocycles. The molecule has 140 valence electrons. The molecule has 0 saturated carbocycles. The third-order valence-electron chi connectivity index (χ3n) is 3.69. The largest absolute Gasteiger partial charge is 0.497 e. The number of methoxy groups -OCH3 is 1. The summed E-state index contributed by atoms with van der Waals surface area (Å²) in [6.45, 7) is 3.05. The number of aromatic nitrogens is 2. The van der Waals surface area contributed by atoms with Gasteiger partial charge in [0.25, 0.3) is 0 Å². The number of aryl methyl sites for hydroxylation is 1. The second-order valence-electron chi connectivity index (χ2n) is 5.80. The Morgan fingerprint density at radius 3 is 2.37 bits per heavy atom. The lowest BCUT2D eigenvalue weighted by molar-refractivity contribution is 0.331. The second-order valence-corrected chi connectivity index (χ2v) is 6.24. The van der Waals surface area contributed by atoms with Gasteiger partial charge in [0, 0.05) is 22.5 Å². The van der Waals surface area contributed by atoms with E-state index in [9.17, 15) is 0 Å². The van der Waals surface area contributed by atoms with Crippen molar-refractivity contribution in [2.24, 2.45) is 0 Å². The molecule has 0 aliphatic rings. The first-order valence-corrected chi connectivity index (χ1v) is 8.89. The van der Waals surface area contributed by atoms with Crippen molar-refractivity contribution in [3.05, 3.63) is 65.3 Å². The Hall–Kier alpha value is -2.99. The number of anilines is 3. The maximum Gasteiger partial charge on any atom is 0.229 e. The molecule has 0 aliphatic heterocycles. The molecule has 0 unspecified atom stereocenters. The molecular weight excluding hydrogens is 364 g/mol. The molecule has 6 nitrogen and oxygen atoms in total. The van der Waals surface area contributed by atoms with Gasteiger partial charge in [-0.05, 0) is 55.5 Å². The van der Waals surface area contributed by atoms with Gasteiger partial charge in [0.2, 0.25) is 5.95 Å². The highest BCUT2D eigenvalue weighted by atomic mass is 35.5. The summed E-state index contributed by atoms with van der Waals surface area (Å²) in [5.74, 6) is 2.85. The second kappa shape index (κ2) is 9.09. The molecule has 0 atom stereocenters. The van der Waals surface area contributed by atoms with Gasteiger partial charge in [-0.3, -0.25) is 0 Å². The first-order valence-electron chi connectivity index (χ1n) is 8.51. The van der Waals surface area contributed by atoms with Crippen LogP contribution in [0.2, 0.25) is 5.02 Å². The number of benzene rings is 2. The fraction of sp³-hybridized carbons (Fsp3) is 0.200. The van der Waals surface area contributed by atoms with Crippen molar-refractivity contribution in [1.82, 2.24) is 9.97 Å². The highest BCUT2D eigenvalue weighted by Crippen LogP contribution is 2.19. The van der Waals surface area contributed by atoms with Crippen molar-refractivity contribution in [1.29, 1.82) is 0 Å². The molecule has 3 rings (SSSR count). The highest BCUT2D eigenvalue weighted by Gasteiger charge is 2.03. The van der Waals surface area contributed by atoms with Crippen molar-refractivity contribution < 1.29 is 9.47 Å². The van der Waals surface area contributed by atoms with Crippen molar-refractivity contribution in [3.8, 4) is 11.5 Å². The number of hydrogen-bond acceptors (Lipinski definition) is 6. The molecule has 0 bridgehead atoms. The number of nitrogens with one attached hydrogen (secondary N) is 2. The van der Waals surface area contributed by atoms with E-state index in [0.29, 0.717) is 24.1 Å². The van der Waals surface area contributed by atoms with E-state index in [2.05, 4.69) is 20.6 Å². The number of rotatable bonds is 8. The summed E-state index contributed by atoms with van der Waals surface area (Å²) >= 11 is 5.91. The fourth-order valence-corrected chi connectivity index (χ4v) is 2.52. The zero-order chi connectivity index (χ0) is 19.1. The Labute approximate surface area is 163 Å². The normalized spacial score (nSPS) is 10.3. The summed E-state index contributed by atoms with van der Waals surface area (Å²) in [5.41, 5.74) is 1.74. The molecule has 0 fully saturated rings. The molecule has 0 saturated heterocycles. The van der Waals surface area contributed by atoms with Gasteiger partial charge >= 0.3 is 0 Å². The fourth-order valence-electron chi connectivity index (χ4n) is 2.40. The molecule has 1 aromatic heterocycles. The van der Waals surface area contributed by atoms with Gasteiger partial charge < -0.3 is 20.1 Å². The van der Waals surface area contributed by atoms with Gasteiger partial charge in [-0.2, -0.15) is 4.98 Å². The SMILES string of the molecule is COc1ccc(OCCNc2cc(C)nc(Nc3ccc(Cl)cc3)n2)cc1. The molecule has 1 heterocycles. The maximum absolute atomic E-state index is 5.91. The van der Waals surface area contributed by atoms with Gasteiger partial charge in [0.1, 0.15) is 23.9 Å². The minimum atomic E-state index is 0.509. The smallest absolute Gasteiger partial charge is 0.229 e. The van der Waals surface area contributed by atoms with E-state index in [1.54, 1.807) is 7.11 Å². The first kappa shape index (κ1) is 18.8. The molecular formula is C20H21ClN4O2. The first-order chi connectivity index (χ1) is 13.1. The van der Waals surface area contributed by atoms with E-state index in [1.807, 2.05) is 61.5 Å². The Bertz CT molecular complexity index is 870. The Kier molecular flexibility index (Phi) is 6.33. The summed E-state index contributed by atoms with van der Waals surface area (Å²) < 4.78 is 10.8. The summed E-state index contributed by atoms with van der Waals surface area (Å²) in [5, 5.41) is 7.11. The predicted octanol–water partition coefficient (Wildman–Crippen LogP) is 4.68. The van der Waals surface area contributed by atoms with Crippen molar-refractivity contribution in [2.45, 2.75) is 6.92 Å². The average Bonchev–Trinajstić information content (AvgIpc) is 2.67. The molecule has 7 heteroatoms. The molecule has 2 aromatic carbocycles. The van der Waals surface area contributed by atoms with Gasteiger partial charge in [0.15, 0.2) is 0 Å². The van der Waals surface area contributed by atoms with Crippen LogP contribution in [-0.4, -0.2) is 30.2 Å². The maximum atomic E-state index is 5.91. The molecule has 3 aromatic rings. The Balaban J connectivity index is 1.53. The van der Waals surface area contributed by atoms with Crippen LogP contribution in [0.1, 0.15) is 5.69 Å². The number of ether oxygens (including phenoxy) is 2. The quantitative estimate of drug-likeness (QED) is 0.549. The summed E-state index contributed by atoms with van der Waals surface area (Å²) in [6, 6.07) is 16.8. The van der Waals surface area contributed by atoms with E-state index in [-0.39, 0.29) is 0 Å². The molecule has 27 heavy (non-hydrogen) atoms. The van der Waals surface area contributed by atoms with E-state index < -0.39 is 0 Å². The number of hydrogen-bond donors (Lipinski definition) is 2. The van der Waals surface area contributed by atoms with Crippen LogP contribution >= 0.6 is 11.6 Å². The van der Waals surface area contributed by atoms with Crippen molar-refractivity contribution in [2.75, 3.05) is 30.9 Å². The monoisotopic (exact) mass is 384 g/mol. The van der Waals surface area contributed by atoms with E-state index in [0.717, 1.165) is 28.7 Å². The molecule has 0 radical (unpaired) electrons. The van der Waals surface area contributed by atoms with Gasteiger partial charge in [-0.15, -0.1) is 0 Å². The molecule has 0 amide bonds. The lowest BCUT2D eigenvalue weighted by Crippen LogP contribution is -2.13. The van der Waals surface area contributed by atoms with Crippen LogP contribution in [0.3, 0.4) is 0 Å². The minimum Gasteiger partial charge on any atom is -0.497 e. The highest BCUT2D eigenvalue weighted by molar-refractivity contribution is 6.30. The Morgan fingerprint density at radius 2 is 1.67 bits per heavy atom. The van der Waals surface area contributed by atoms with E-state index >= 15 is 0 Å². The Morgan fingerprint density at radius 1 is 0.963 bits per heavy atom. The third-order valence-corrected chi connectivity index (χ3v) is 3.94. The van der Waals surface area contributed by atoms with Crippen LogP contribution in [0.15, 0.2) is 54.6 Å². The lowest BCUT2D eigenvalue weighted by atomic mass is 10.3. The van der Waals surface area contributed by atoms with Crippen LogP contribution in [0.4, 0.5) is 17.5 Å². The van der Waals surface area contributed by atoms with Crippen LogP contribution in [0.5, 0.6) is 11.5 Å².